The topological polar surface area (TPSA) is 35.2 Å². The number of rotatable bonds is 4. The van der Waals surface area contributed by atoms with Gasteiger partial charge in [-0.25, -0.2) is 4.39 Å². The van der Waals surface area contributed by atoms with Crippen molar-refractivity contribution in [2.75, 3.05) is 0 Å². The zero-order valence-corrected chi connectivity index (χ0v) is 11.3. The third-order valence-corrected chi connectivity index (χ3v) is 3.03. The van der Waals surface area contributed by atoms with Crippen molar-refractivity contribution in [1.82, 2.24) is 0 Å². The van der Waals surface area contributed by atoms with Gasteiger partial charge in [0.1, 0.15) is 11.6 Å². The maximum absolute atomic E-state index is 13.5. The second-order valence-electron chi connectivity index (χ2n) is 4.99. The Labute approximate surface area is 103 Å². The van der Waals surface area contributed by atoms with E-state index in [0.29, 0.717) is 17.2 Å². The van der Waals surface area contributed by atoms with E-state index in [9.17, 15) is 4.39 Å². The molecule has 0 amide bonds. The number of nitrogens with two attached hydrogens (primary N) is 1. The van der Waals surface area contributed by atoms with Gasteiger partial charge < -0.3 is 10.5 Å². The van der Waals surface area contributed by atoms with E-state index in [-0.39, 0.29) is 18.0 Å². The van der Waals surface area contributed by atoms with E-state index in [0.717, 1.165) is 5.56 Å². The second kappa shape index (κ2) is 5.50. The molecule has 0 aliphatic heterocycles. The first-order valence-corrected chi connectivity index (χ1v) is 6.05. The highest BCUT2D eigenvalue weighted by atomic mass is 19.1. The van der Waals surface area contributed by atoms with Crippen LogP contribution in [0, 0.1) is 18.7 Å². The fourth-order valence-corrected chi connectivity index (χ4v) is 1.46. The molecule has 1 aromatic rings. The van der Waals surface area contributed by atoms with Crippen LogP contribution in [0.1, 0.15) is 44.9 Å². The molecule has 2 nitrogen and oxygen atoms in total. The zero-order chi connectivity index (χ0) is 13.2. The van der Waals surface area contributed by atoms with Crippen LogP contribution in [0.25, 0.3) is 0 Å². The maximum Gasteiger partial charge on any atom is 0.126 e. The molecule has 0 aliphatic rings. The van der Waals surface area contributed by atoms with Crippen molar-refractivity contribution >= 4 is 0 Å². The quantitative estimate of drug-likeness (QED) is 0.871. The summed E-state index contributed by atoms with van der Waals surface area (Å²) in [6.45, 7) is 9.75. The maximum atomic E-state index is 13.5. The van der Waals surface area contributed by atoms with Gasteiger partial charge in [0.25, 0.3) is 0 Å². The minimum Gasteiger partial charge on any atom is -0.490 e. The smallest absolute Gasteiger partial charge is 0.126 e. The SMILES string of the molecule is Cc1cc(OC(C)C(C)C)c([C@H](C)N)cc1F. The van der Waals surface area contributed by atoms with Crippen LogP contribution in [0.4, 0.5) is 4.39 Å². The lowest BCUT2D eigenvalue weighted by molar-refractivity contribution is 0.168. The first kappa shape index (κ1) is 14.0. The Hall–Kier alpha value is -1.09. The van der Waals surface area contributed by atoms with Crippen LogP contribution in [0.3, 0.4) is 0 Å². The van der Waals surface area contributed by atoms with Crippen LogP contribution in [0.2, 0.25) is 0 Å². The summed E-state index contributed by atoms with van der Waals surface area (Å²) in [6.07, 6.45) is 0.0809. The number of hydrogen-bond donors (Lipinski definition) is 1. The van der Waals surface area contributed by atoms with Crippen LogP contribution < -0.4 is 10.5 Å². The Morgan fingerprint density at radius 3 is 2.24 bits per heavy atom. The Morgan fingerprint density at radius 2 is 1.76 bits per heavy atom. The van der Waals surface area contributed by atoms with Crippen LogP contribution >= 0.6 is 0 Å². The molecule has 0 aromatic heterocycles. The molecule has 0 fully saturated rings. The molecule has 17 heavy (non-hydrogen) atoms. The summed E-state index contributed by atoms with van der Waals surface area (Å²) in [5.74, 6) is 0.864. The van der Waals surface area contributed by atoms with Crippen LogP contribution in [0.5, 0.6) is 5.75 Å². The molecule has 0 radical (unpaired) electrons. The molecule has 0 saturated heterocycles. The summed E-state index contributed by atoms with van der Waals surface area (Å²) in [7, 11) is 0. The average Bonchev–Trinajstić information content (AvgIpc) is 2.22. The van der Waals surface area contributed by atoms with Crippen molar-refractivity contribution in [3.05, 3.63) is 29.1 Å². The van der Waals surface area contributed by atoms with Crippen molar-refractivity contribution in [2.24, 2.45) is 11.7 Å². The van der Waals surface area contributed by atoms with Crippen molar-refractivity contribution in [1.29, 1.82) is 0 Å². The van der Waals surface area contributed by atoms with Gasteiger partial charge in [0.05, 0.1) is 6.10 Å². The Bertz CT molecular complexity index is 388. The van der Waals surface area contributed by atoms with E-state index in [1.807, 2.05) is 13.8 Å². The molecule has 0 aliphatic carbocycles. The molecule has 2 N–H and O–H groups in total. The van der Waals surface area contributed by atoms with E-state index >= 15 is 0 Å². The Balaban J connectivity index is 3.08. The predicted octanol–water partition coefficient (Wildman–Crippen LogP) is 3.58. The highest BCUT2D eigenvalue weighted by Gasteiger charge is 2.16. The fourth-order valence-electron chi connectivity index (χ4n) is 1.46. The summed E-state index contributed by atoms with van der Waals surface area (Å²) in [6, 6.07) is 2.97. The normalized spacial score (nSPS) is 14.8. The lowest BCUT2D eigenvalue weighted by Gasteiger charge is -2.22. The van der Waals surface area contributed by atoms with Crippen molar-refractivity contribution in [2.45, 2.75) is 46.8 Å². The summed E-state index contributed by atoms with van der Waals surface area (Å²) >= 11 is 0. The summed E-state index contributed by atoms with van der Waals surface area (Å²) in [5, 5.41) is 0. The van der Waals surface area contributed by atoms with Gasteiger partial charge in [-0.1, -0.05) is 13.8 Å². The molecule has 0 spiro atoms. The molecule has 0 saturated carbocycles. The number of ether oxygens (including phenoxy) is 1. The number of hydrogen-bond acceptors (Lipinski definition) is 2. The van der Waals surface area contributed by atoms with Crippen molar-refractivity contribution in [3.8, 4) is 5.75 Å². The molecular formula is C14H22FNO. The van der Waals surface area contributed by atoms with Crippen molar-refractivity contribution in [3.63, 3.8) is 0 Å². The van der Waals surface area contributed by atoms with Gasteiger partial charge in [0.2, 0.25) is 0 Å². The monoisotopic (exact) mass is 239 g/mol. The lowest BCUT2D eigenvalue weighted by atomic mass is 10.0. The number of benzene rings is 1. The number of halogens is 1. The van der Waals surface area contributed by atoms with Gasteiger partial charge >= 0.3 is 0 Å². The van der Waals surface area contributed by atoms with E-state index in [2.05, 4.69) is 13.8 Å². The van der Waals surface area contributed by atoms with Gasteiger partial charge in [-0.3, -0.25) is 0 Å². The molecule has 1 unspecified atom stereocenters. The fraction of sp³-hybridized carbons (Fsp3) is 0.571. The zero-order valence-electron chi connectivity index (χ0n) is 11.3. The predicted molar refractivity (Wildman–Crippen MR) is 68.7 cm³/mol. The van der Waals surface area contributed by atoms with E-state index in [1.165, 1.54) is 6.07 Å². The summed E-state index contributed by atoms with van der Waals surface area (Å²) in [4.78, 5) is 0. The first-order valence-electron chi connectivity index (χ1n) is 6.05. The molecule has 96 valence electrons. The largest absolute Gasteiger partial charge is 0.490 e. The third-order valence-electron chi connectivity index (χ3n) is 3.03. The molecule has 0 bridgehead atoms. The van der Waals surface area contributed by atoms with E-state index in [1.54, 1.807) is 13.0 Å². The molecule has 0 heterocycles. The van der Waals surface area contributed by atoms with Crippen LogP contribution in [0.15, 0.2) is 12.1 Å². The second-order valence-corrected chi connectivity index (χ2v) is 4.99. The minimum absolute atomic E-state index is 0.0809. The Kier molecular flexibility index (Phi) is 4.52. The standard InChI is InChI=1S/C14H22FNO/c1-8(2)11(5)17-14-6-9(3)13(15)7-12(14)10(4)16/h6-8,10-11H,16H2,1-5H3/t10-,11?/m0/s1. The Morgan fingerprint density at radius 1 is 1.18 bits per heavy atom. The molecular weight excluding hydrogens is 217 g/mol. The van der Waals surface area contributed by atoms with Crippen LogP contribution in [-0.2, 0) is 0 Å². The van der Waals surface area contributed by atoms with Gasteiger partial charge in [-0.15, -0.1) is 0 Å². The highest BCUT2D eigenvalue weighted by Crippen LogP contribution is 2.28. The highest BCUT2D eigenvalue weighted by molar-refractivity contribution is 5.40. The van der Waals surface area contributed by atoms with Gasteiger partial charge in [0, 0.05) is 11.6 Å². The van der Waals surface area contributed by atoms with Gasteiger partial charge in [-0.05, 0) is 44.4 Å². The van der Waals surface area contributed by atoms with Crippen LogP contribution in [-0.4, -0.2) is 6.10 Å². The van der Waals surface area contributed by atoms with E-state index < -0.39 is 0 Å². The number of aryl methyl sites for hydroxylation is 1. The first-order chi connectivity index (χ1) is 7.82. The molecule has 1 aromatic carbocycles. The molecule has 2 atom stereocenters. The molecule has 3 heteroatoms. The van der Waals surface area contributed by atoms with Crippen molar-refractivity contribution < 1.29 is 9.13 Å². The average molecular weight is 239 g/mol. The third kappa shape index (κ3) is 3.43. The van der Waals surface area contributed by atoms with E-state index in [4.69, 9.17) is 10.5 Å². The minimum atomic E-state index is -0.237. The lowest BCUT2D eigenvalue weighted by Crippen LogP contribution is -2.20. The summed E-state index contributed by atoms with van der Waals surface area (Å²) < 4.78 is 19.4. The molecule has 1 rings (SSSR count). The van der Waals surface area contributed by atoms with Gasteiger partial charge in [-0.2, -0.15) is 0 Å². The summed E-state index contributed by atoms with van der Waals surface area (Å²) in [5.41, 5.74) is 7.15. The van der Waals surface area contributed by atoms with Gasteiger partial charge in [0.15, 0.2) is 0 Å².